The SMILES string of the molecule is CCOCC(O)c1ccc(C)o1. The molecule has 0 aliphatic rings. The first-order chi connectivity index (χ1) is 5.74. The smallest absolute Gasteiger partial charge is 0.135 e. The Morgan fingerprint density at radius 2 is 2.33 bits per heavy atom. The van der Waals surface area contributed by atoms with Crippen LogP contribution in [-0.4, -0.2) is 18.3 Å². The van der Waals surface area contributed by atoms with Crippen molar-refractivity contribution >= 4 is 0 Å². The highest BCUT2D eigenvalue weighted by Crippen LogP contribution is 2.15. The largest absolute Gasteiger partial charge is 0.464 e. The summed E-state index contributed by atoms with van der Waals surface area (Å²) in [5, 5.41) is 9.45. The van der Waals surface area contributed by atoms with Gasteiger partial charge in [-0.25, -0.2) is 0 Å². The van der Waals surface area contributed by atoms with Crippen LogP contribution in [0.5, 0.6) is 0 Å². The predicted octanol–water partition coefficient (Wildman–Crippen LogP) is 1.66. The quantitative estimate of drug-likeness (QED) is 0.747. The third kappa shape index (κ3) is 2.36. The van der Waals surface area contributed by atoms with Crippen molar-refractivity contribution < 1.29 is 14.3 Å². The van der Waals surface area contributed by atoms with E-state index >= 15 is 0 Å². The Morgan fingerprint density at radius 3 is 2.83 bits per heavy atom. The third-order valence-corrected chi connectivity index (χ3v) is 1.57. The lowest BCUT2D eigenvalue weighted by Gasteiger charge is -2.06. The number of aryl methyl sites for hydroxylation is 1. The van der Waals surface area contributed by atoms with Crippen LogP contribution in [0.1, 0.15) is 24.5 Å². The molecule has 68 valence electrons. The molecular formula is C9H14O3. The van der Waals surface area contributed by atoms with E-state index in [1.165, 1.54) is 0 Å². The average molecular weight is 170 g/mol. The normalized spacial score (nSPS) is 13.2. The fourth-order valence-corrected chi connectivity index (χ4v) is 0.944. The van der Waals surface area contributed by atoms with Gasteiger partial charge in [0.1, 0.15) is 17.6 Å². The highest BCUT2D eigenvalue weighted by atomic mass is 16.5. The molecule has 3 heteroatoms. The molecule has 12 heavy (non-hydrogen) atoms. The highest BCUT2D eigenvalue weighted by Gasteiger charge is 2.10. The number of hydrogen-bond donors (Lipinski definition) is 1. The zero-order valence-corrected chi connectivity index (χ0v) is 7.41. The molecule has 0 aromatic carbocycles. The fraction of sp³-hybridized carbons (Fsp3) is 0.556. The molecule has 0 radical (unpaired) electrons. The van der Waals surface area contributed by atoms with E-state index in [1.807, 2.05) is 19.9 Å². The summed E-state index contributed by atoms with van der Waals surface area (Å²) in [4.78, 5) is 0. The maximum absolute atomic E-state index is 9.45. The van der Waals surface area contributed by atoms with E-state index < -0.39 is 6.10 Å². The van der Waals surface area contributed by atoms with E-state index in [4.69, 9.17) is 9.15 Å². The average Bonchev–Trinajstić information content (AvgIpc) is 2.47. The number of rotatable bonds is 4. The van der Waals surface area contributed by atoms with Gasteiger partial charge in [0.25, 0.3) is 0 Å². The first-order valence-corrected chi connectivity index (χ1v) is 4.06. The van der Waals surface area contributed by atoms with E-state index in [2.05, 4.69) is 0 Å². The van der Waals surface area contributed by atoms with Gasteiger partial charge in [0.05, 0.1) is 6.61 Å². The van der Waals surface area contributed by atoms with E-state index in [1.54, 1.807) is 6.07 Å². The zero-order chi connectivity index (χ0) is 8.97. The summed E-state index contributed by atoms with van der Waals surface area (Å²) >= 11 is 0. The lowest BCUT2D eigenvalue weighted by atomic mass is 10.3. The third-order valence-electron chi connectivity index (χ3n) is 1.57. The molecule has 0 aliphatic heterocycles. The Balaban J connectivity index is 2.47. The van der Waals surface area contributed by atoms with Crippen molar-refractivity contribution in [3.05, 3.63) is 23.7 Å². The second-order valence-electron chi connectivity index (χ2n) is 2.62. The summed E-state index contributed by atoms with van der Waals surface area (Å²) in [6, 6.07) is 3.59. The molecule has 1 N–H and O–H groups in total. The highest BCUT2D eigenvalue weighted by molar-refractivity contribution is 5.07. The molecule has 1 aromatic rings. The number of aliphatic hydroxyl groups excluding tert-OH is 1. The molecule has 0 saturated carbocycles. The Labute approximate surface area is 72.0 Å². The lowest BCUT2D eigenvalue weighted by Crippen LogP contribution is -2.05. The summed E-state index contributed by atoms with van der Waals surface area (Å²) in [7, 11) is 0. The summed E-state index contributed by atoms with van der Waals surface area (Å²) < 4.78 is 10.3. The number of aliphatic hydroxyl groups is 1. The molecule has 1 heterocycles. The minimum Gasteiger partial charge on any atom is -0.464 e. The van der Waals surface area contributed by atoms with Gasteiger partial charge in [0.2, 0.25) is 0 Å². The van der Waals surface area contributed by atoms with Crippen molar-refractivity contribution in [3.63, 3.8) is 0 Å². The number of hydrogen-bond acceptors (Lipinski definition) is 3. The van der Waals surface area contributed by atoms with E-state index in [9.17, 15) is 5.11 Å². The Kier molecular flexibility index (Phi) is 3.31. The second-order valence-corrected chi connectivity index (χ2v) is 2.62. The lowest BCUT2D eigenvalue weighted by molar-refractivity contribution is 0.0299. The molecule has 0 saturated heterocycles. The van der Waals surface area contributed by atoms with Crippen molar-refractivity contribution in [1.29, 1.82) is 0 Å². The van der Waals surface area contributed by atoms with Crippen LogP contribution in [0.15, 0.2) is 16.5 Å². The van der Waals surface area contributed by atoms with Crippen LogP contribution in [0.25, 0.3) is 0 Å². The maximum Gasteiger partial charge on any atom is 0.135 e. The van der Waals surface area contributed by atoms with Crippen molar-refractivity contribution in [1.82, 2.24) is 0 Å². The molecule has 0 fully saturated rings. The molecule has 1 aromatic heterocycles. The molecule has 0 bridgehead atoms. The molecule has 1 unspecified atom stereocenters. The first-order valence-electron chi connectivity index (χ1n) is 4.06. The molecule has 0 amide bonds. The number of ether oxygens (including phenoxy) is 1. The number of furan rings is 1. The first kappa shape index (κ1) is 9.29. The van der Waals surface area contributed by atoms with Crippen LogP contribution in [0.3, 0.4) is 0 Å². The topological polar surface area (TPSA) is 42.6 Å². The van der Waals surface area contributed by atoms with E-state index in [-0.39, 0.29) is 0 Å². The molecule has 3 nitrogen and oxygen atoms in total. The Morgan fingerprint density at radius 1 is 1.58 bits per heavy atom. The monoisotopic (exact) mass is 170 g/mol. The van der Waals surface area contributed by atoms with Crippen LogP contribution in [0.2, 0.25) is 0 Å². The second kappa shape index (κ2) is 4.28. The van der Waals surface area contributed by atoms with Crippen molar-refractivity contribution in [3.8, 4) is 0 Å². The predicted molar refractivity (Wildman–Crippen MR) is 44.9 cm³/mol. The van der Waals surface area contributed by atoms with Gasteiger partial charge in [-0.3, -0.25) is 0 Å². The van der Waals surface area contributed by atoms with Gasteiger partial charge in [-0.05, 0) is 26.0 Å². The van der Waals surface area contributed by atoms with Gasteiger partial charge in [-0.1, -0.05) is 0 Å². The summed E-state index contributed by atoms with van der Waals surface area (Å²) in [5.74, 6) is 1.38. The van der Waals surface area contributed by atoms with Crippen molar-refractivity contribution in [2.45, 2.75) is 20.0 Å². The van der Waals surface area contributed by atoms with Gasteiger partial charge in [-0.15, -0.1) is 0 Å². The Bertz CT molecular complexity index is 229. The minimum absolute atomic E-state index is 0.295. The van der Waals surface area contributed by atoms with Crippen LogP contribution in [0.4, 0.5) is 0 Å². The van der Waals surface area contributed by atoms with E-state index in [0.29, 0.717) is 19.0 Å². The molecule has 0 aliphatic carbocycles. The van der Waals surface area contributed by atoms with Crippen LogP contribution < -0.4 is 0 Å². The van der Waals surface area contributed by atoms with Crippen molar-refractivity contribution in [2.75, 3.05) is 13.2 Å². The molecular weight excluding hydrogens is 156 g/mol. The van der Waals surface area contributed by atoms with Crippen molar-refractivity contribution in [2.24, 2.45) is 0 Å². The van der Waals surface area contributed by atoms with Gasteiger partial charge < -0.3 is 14.3 Å². The fourth-order valence-electron chi connectivity index (χ4n) is 0.944. The summed E-state index contributed by atoms with van der Waals surface area (Å²) in [6.45, 7) is 4.64. The zero-order valence-electron chi connectivity index (χ0n) is 7.41. The van der Waals surface area contributed by atoms with Gasteiger partial charge >= 0.3 is 0 Å². The molecule has 1 atom stereocenters. The summed E-state index contributed by atoms with van der Waals surface area (Å²) in [6.07, 6.45) is -0.640. The van der Waals surface area contributed by atoms with Gasteiger partial charge in [0, 0.05) is 6.61 Å². The maximum atomic E-state index is 9.45. The molecule has 1 rings (SSSR count). The van der Waals surface area contributed by atoms with Crippen LogP contribution in [-0.2, 0) is 4.74 Å². The summed E-state index contributed by atoms with van der Waals surface area (Å²) in [5.41, 5.74) is 0. The van der Waals surface area contributed by atoms with Gasteiger partial charge in [0.15, 0.2) is 0 Å². The standard InChI is InChI=1S/C9H14O3/c1-3-11-6-8(10)9-5-4-7(2)12-9/h4-5,8,10H,3,6H2,1-2H3. The Hall–Kier alpha value is -0.800. The van der Waals surface area contributed by atoms with Gasteiger partial charge in [-0.2, -0.15) is 0 Å². The van der Waals surface area contributed by atoms with E-state index in [0.717, 1.165) is 5.76 Å². The van der Waals surface area contributed by atoms with Crippen LogP contribution in [0, 0.1) is 6.92 Å². The van der Waals surface area contributed by atoms with Crippen LogP contribution >= 0.6 is 0 Å². The minimum atomic E-state index is -0.640. The molecule has 0 spiro atoms.